The Kier molecular flexibility index (Phi) is 4.93. The van der Waals surface area contributed by atoms with Crippen LogP contribution >= 0.6 is 0 Å². The molecule has 1 unspecified atom stereocenters. The largest absolute Gasteiger partial charge is 0.489 e. The third-order valence-corrected chi connectivity index (χ3v) is 4.65. The Labute approximate surface area is 164 Å². The molecule has 6 nitrogen and oxygen atoms in total. The zero-order valence-corrected chi connectivity index (χ0v) is 16.3. The number of aromatic nitrogens is 4. The van der Waals surface area contributed by atoms with E-state index < -0.39 is 0 Å². The third-order valence-electron chi connectivity index (χ3n) is 4.65. The lowest BCUT2D eigenvalue weighted by Gasteiger charge is -2.15. The molecule has 0 spiro atoms. The van der Waals surface area contributed by atoms with Crippen molar-refractivity contribution in [3.8, 4) is 5.75 Å². The van der Waals surface area contributed by atoms with Crippen LogP contribution in [-0.4, -0.2) is 19.8 Å². The topological polar surface area (TPSA) is 64.3 Å². The summed E-state index contributed by atoms with van der Waals surface area (Å²) in [6.07, 6.45) is 0. The summed E-state index contributed by atoms with van der Waals surface area (Å²) in [7, 11) is 0. The van der Waals surface area contributed by atoms with Crippen molar-refractivity contribution in [1.82, 2.24) is 19.8 Å². The molecule has 4 rings (SSSR count). The summed E-state index contributed by atoms with van der Waals surface area (Å²) in [5.41, 5.74) is 4.31. The van der Waals surface area contributed by atoms with E-state index in [4.69, 9.17) is 4.74 Å². The zero-order chi connectivity index (χ0) is 19.5. The van der Waals surface area contributed by atoms with E-state index in [9.17, 15) is 0 Å². The van der Waals surface area contributed by atoms with Crippen molar-refractivity contribution in [2.24, 2.45) is 0 Å². The van der Waals surface area contributed by atoms with E-state index in [1.54, 1.807) is 4.52 Å². The highest BCUT2D eigenvalue weighted by Gasteiger charge is 2.09. The standard InChI is InChI=1S/C22H23N5O/c1-15-5-4-6-18(13-15)14-28-20-9-7-19(8-10-20)16(2)23-21-11-12-22-25-24-17(3)27(22)26-21/h4-13,16H,14H2,1-3H3,(H,23,26). The fourth-order valence-electron chi connectivity index (χ4n) is 3.10. The number of hydrogen-bond acceptors (Lipinski definition) is 5. The smallest absolute Gasteiger partial charge is 0.178 e. The predicted octanol–water partition coefficient (Wildman–Crippen LogP) is 4.49. The number of nitrogens with one attached hydrogen (secondary N) is 1. The molecule has 0 aliphatic heterocycles. The average molecular weight is 373 g/mol. The number of aryl methyl sites for hydroxylation is 2. The van der Waals surface area contributed by atoms with E-state index in [2.05, 4.69) is 70.9 Å². The molecule has 2 heterocycles. The van der Waals surface area contributed by atoms with Crippen LogP contribution in [0.25, 0.3) is 5.65 Å². The van der Waals surface area contributed by atoms with Gasteiger partial charge in [0.05, 0.1) is 6.04 Å². The van der Waals surface area contributed by atoms with Gasteiger partial charge in [0, 0.05) is 0 Å². The summed E-state index contributed by atoms with van der Waals surface area (Å²) >= 11 is 0. The van der Waals surface area contributed by atoms with Gasteiger partial charge in [0.15, 0.2) is 11.5 Å². The summed E-state index contributed by atoms with van der Waals surface area (Å²) in [5.74, 6) is 2.40. The molecular weight excluding hydrogens is 350 g/mol. The molecule has 0 aliphatic carbocycles. The van der Waals surface area contributed by atoms with Crippen LogP contribution in [0.4, 0.5) is 5.82 Å². The normalized spacial score (nSPS) is 12.1. The van der Waals surface area contributed by atoms with Crippen LogP contribution in [0.3, 0.4) is 0 Å². The highest BCUT2D eigenvalue weighted by atomic mass is 16.5. The minimum absolute atomic E-state index is 0.104. The third kappa shape index (κ3) is 3.96. The highest BCUT2D eigenvalue weighted by molar-refractivity contribution is 5.45. The lowest BCUT2D eigenvalue weighted by molar-refractivity contribution is 0.306. The number of rotatable bonds is 6. The van der Waals surface area contributed by atoms with Crippen molar-refractivity contribution in [3.63, 3.8) is 0 Å². The van der Waals surface area contributed by atoms with E-state index in [1.165, 1.54) is 11.1 Å². The Morgan fingerprint density at radius 1 is 1.00 bits per heavy atom. The van der Waals surface area contributed by atoms with E-state index in [0.717, 1.165) is 28.6 Å². The van der Waals surface area contributed by atoms with Gasteiger partial charge < -0.3 is 10.1 Å². The van der Waals surface area contributed by atoms with Crippen LogP contribution in [0.15, 0.2) is 60.7 Å². The summed E-state index contributed by atoms with van der Waals surface area (Å²) in [6.45, 7) is 6.64. The molecule has 0 radical (unpaired) electrons. The molecule has 0 aliphatic rings. The van der Waals surface area contributed by atoms with Crippen molar-refractivity contribution >= 4 is 11.5 Å². The first-order valence-electron chi connectivity index (χ1n) is 9.32. The summed E-state index contributed by atoms with van der Waals surface area (Å²) < 4.78 is 7.64. The van der Waals surface area contributed by atoms with Crippen molar-refractivity contribution < 1.29 is 4.74 Å². The second kappa shape index (κ2) is 7.68. The molecule has 1 N–H and O–H groups in total. The molecule has 0 fully saturated rings. The maximum Gasteiger partial charge on any atom is 0.178 e. The number of hydrogen-bond donors (Lipinski definition) is 1. The lowest BCUT2D eigenvalue weighted by atomic mass is 10.1. The van der Waals surface area contributed by atoms with Gasteiger partial charge in [0.2, 0.25) is 0 Å². The molecule has 4 aromatic rings. The predicted molar refractivity (Wildman–Crippen MR) is 110 cm³/mol. The van der Waals surface area contributed by atoms with Crippen LogP contribution < -0.4 is 10.1 Å². The van der Waals surface area contributed by atoms with Crippen LogP contribution in [0, 0.1) is 13.8 Å². The van der Waals surface area contributed by atoms with Gasteiger partial charge in [-0.3, -0.25) is 0 Å². The van der Waals surface area contributed by atoms with E-state index >= 15 is 0 Å². The van der Waals surface area contributed by atoms with Gasteiger partial charge in [-0.2, -0.15) is 4.52 Å². The van der Waals surface area contributed by atoms with E-state index in [1.807, 2.05) is 31.2 Å². The van der Waals surface area contributed by atoms with Crippen molar-refractivity contribution in [2.45, 2.75) is 33.4 Å². The SMILES string of the molecule is Cc1cccc(COc2ccc(C(C)Nc3ccc4nnc(C)n4n3)cc2)c1. The molecule has 0 saturated carbocycles. The van der Waals surface area contributed by atoms with Gasteiger partial charge in [-0.15, -0.1) is 15.3 Å². The molecule has 142 valence electrons. The summed E-state index contributed by atoms with van der Waals surface area (Å²) in [6, 6.07) is 20.4. The molecular formula is C22H23N5O. The Hall–Kier alpha value is -3.41. The number of nitrogens with zero attached hydrogens (tertiary/aromatic N) is 4. The molecule has 1 atom stereocenters. The summed E-state index contributed by atoms with van der Waals surface area (Å²) in [5, 5.41) is 16.1. The Balaban J connectivity index is 1.40. The van der Waals surface area contributed by atoms with Crippen LogP contribution in [-0.2, 0) is 6.61 Å². The number of anilines is 1. The van der Waals surface area contributed by atoms with Crippen LogP contribution in [0.1, 0.15) is 35.5 Å². The lowest BCUT2D eigenvalue weighted by Crippen LogP contribution is -2.09. The quantitative estimate of drug-likeness (QED) is 0.539. The molecule has 0 saturated heterocycles. The van der Waals surface area contributed by atoms with Crippen molar-refractivity contribution in [1.29, 1.82) is 0 Å². The first-order chi connectivity index (χ1) is 13.6. The molecule has 0 bridgehead atoms. The number of fused-ring (bicyclic) bond motifs is 1. The van der Waals surface area contributed by atoms with Gasteiger partial charge in [-0.05, 0) is 56.2 Å². The fourth-order valence-corrected chi connectivity index (χ4v) is 3.10. The molecule has 28 heavy (non-hydrogen) atoms. The van der Waals surface area contributed by atoms with Gasteiger partial charge in [-0.1, -0.05) is 42.0 Å². The Morgan fingerprint density at radius 2 is 1.82 bits per heavy atom. The Morgan fingerprint density at radius 3 is 2.61 bits per heavy atom. The van der Waals surface area contributed by atoms with Gasteiger partial charge in [0.1, 0.15) is 18.2 Å². The second-order valence-electron chi connectivity index (χ2n) is 6.95. The number of benzene rings is 2. The van der Waals surface area contributed by atoms with Gasteiger partial charge >= 0.3 is 0 Å². The fraction of sp³-hybridized carbons (Fsp3) is 0.227. The maximum absolute atomic E-state index is 5.90. The van der Waals surface area contributed by atoms with Crippen molar-refractivity contribution in [2.75, 3.05) is 5.32 Å². The average Bonchev–Trinajstić information content (AvgIpc) is 3.07. The molecule has 0 amide bonds. The van der Waals surface area contributed by atoms with Crippen LogP contribution in [0.5, 0.6) is 5.75 Å². The zero-order valence-electron chi connectivity index (χ0n) is 16.3. The van der Waals surface area contributed by atoms with Gasteiger partial charge in [-0.25, -0.2) is 0 Å². The van der Waals surface area contributed by atoms with E-state index in [0.29, 0.717) is 6.61 Å². The minimum atomic E-state index is 0.104. The molecule has 2 aromatic carbocycles. The van der Waals surface area contributed by atoms with E-state index in [-0.39, 0.29) is 6.04 Å². The molecule has 2 aromatic heterocycles. The monoisotopic (exact) mass is 373 g/mol. The number of ether oxygens (including phenoxy) is 1. The maximum atomic E-state index is 5.90. The molecule has 6 heteroatoms. The summed E-state index contributed by atoms with van der Waals surface area (Å²) in [4.78, 5) is 0. The van der Waals surface area contributed by atoms with Crippen molar-refractivity contribution in [3.05, 3.63) is 83.2 Å². The second-order valence-corrected chi connectivity index (χ2v) is 6.95. The first-order valence-corrected chi connectivity index (χ1v) is 9.32. The first kappa shape index (κ1) is 18.0. The van der Waals surface area contributed by atoms with Crippen LogP contribution in [0.2, 0.25) is 0 Å². The highest BCUT2D eigenvalue weighted by Crippen LogP contribution is 2.22. The Bertz CT molecular complexity index is 1090. The van der Waals surface area contributed by atoms with Gasteiger partial charge in [0.25, 0.3) is 0 Å². The minimum Gasteiger partial charge on any atom is -0.489 e.